The molecule has 18 heavy (non-hydrogen) atoms. The van der Waals surface area contributed by atoms with Gasteiger partial charge in [-0.2, -0.15) is 0 Å². The molecule has 1 nitrogen and oxygen atoms in total. The van der Waals surface area contributed by atoms with Crippen LogP contribution < -0.4 is 5.32 Å². The van der Waals surface area contributed by atoms with Gasteiger partial charge in [0.15, 0.2) is 0 Å². The van der Waals surface area contributed by atoms with E-state index >= 15 is 0 Å². The first kappa shape index (κ1) is 13.6. The summed E-state index contributed by atoms with van der Waals surface area (Å²) in [5, 5.41) is 3.41. The maximum absolute atomic E-state index is 3.41. The standard InChI is InChI=1S/C17H27N/c1-4-13(2)14-5-7-15(8-6-14)16-9-11-17(18-3)12-10-16/h5-8,13,16-18H,4,9-12H2,1-3H3. The third kappa shape index (κ3) is 3.14. The summed E-state index contributed by atoms with van der Waals surface area (Å²) >= 11 is 0. The lowest BCUT2D eigenvalue weighted by atomic mass is 9.81. The Morgan fingerprint density at radius 1 is 1.11 bits per heavy atom. The molecule has 0 radical (unpaired) electrons. The second-order valence-electron chi connectivity index (χ2n) is 5.81. The largest absolute Gasteiger partial charge is 0.317 e. The fourth-order valence-electron chi connectivity index (χ4n) is 3.05. The first-order valence-corrected chi connectivity index (χ1v) is 7.51. The molecule has 100 valence electrons. The second-order valence-corrected chi connectivity index (χ2v) is 5.81. The lowest BCUT2D eigenvalue weighted by Crippen LogP contribution is -2.29. The minimum atomic E-state index is 0.694. The van der Waals surface area contributed by atoms with Crippen LogP contribution in [0, 0.1) is 0 Å². The minimum absolute atomic E-state index is 0.694. The molecule has 1 aromatic carbocycles. The highest BCUT2D eigenvalue weighted by Gasteiger charge is 2.21. The summed E-state index contributed by atoms with van der Waals surface area (Å²) in [6.45, 7) is 4.57. The topological polar surface area (TPSA) is 12.0 Å². The molecule has 1 aliphatic carbocycles. The molecule has 0 aliphatic heterocycles. The van der Waals surface area contributed by atoms with E-state index in [0.29, 0.717) is 5.92 Å². The molecule has 1 heteroatoms. The lowest BCUT2D eigenvalue weighted by Gasteiger charge is -2.28. The fourth-order valence-corrected chi connectivity index (χ4v) is 3.05. The zero-order valence-electron chi connectivity index (χ0n) is 12.1. The Kier molecular flexibility index (Phi) is 4.82. The average molecular weight is 245 g/mol. The van der Waals surface area contributed by atoms with Gasteiger partial charge in [-0.25, -0.2) is 0 Å². The van der Waals surface area contributed by atoms with E-state index in [2.05, 4.69) is 50.5 Å². The molecule has 0 saturated heterocycles. The minimum Gasteiger partial charge on any atom is -0.317 e. The Morgan fingerprint density at radius 2 is 1.72 bits per heavy atom. The SMILES string of the molecule is CCC(C)c1ccc(C2CCC(NC)CC2)cc1. The quantitative estimate of drug-likeness (QED) is 0.826. The Hall–Kier alpha value is -0.820. The van der Waals surface area contributed by atoms with E-state index in [9.17, 15) is 0 Å². The van der Waals surface area contributed by atoms with E-state index in [-0.39, 0.29) is 0 Å². The molecule has 0 spiro atoms. The first-order valence-electron chi connectivity index (χ1n) is 7.51. The van der Waals surface area contributed by atoms with Gasteiger partial charge < -0.3 is 5.32 Å². The molecule has 1 aliphatic rings. The predicted octanol–water partition coefficient (Wildman–Crippen LogP) is 4.45. The third-order valence-electron chi connectivity index (χ3n) is 4.72. The number of nitrogens with one attached hydrogen (secondary N) is 1. The maximum Gasteiger partial charge on any atom is 0.00644 e. The van der Waals surface area contributed by atoms with Crippen LogP contribution in [-0.2, 0) is 0 Å². The van der Waals surface area contributed by atoms with Gasteiger partial charge in [-0.3, -0.25) is 0 Å². The summed E-state index contributed by atoms with van der Waals surface area (Å²) < 4.78 is 0. The van der Waals surface area contributed by atoms with Gasteiger partial charge in [0.25, 0.3) is 0 Å². The molecule has 0 heterocycles. The Balaban J connectivity index is 1.98. The zero-order chi connectivity index (χ0) is 13.0. The third-order valence-corrected chi connectivity index (χ3v) is 4.72. The van der Waals surface area contributed by atoms with Crippen molar-refractivity contribution in [2.45, 2.75) is 63.8 Å². The van der Waals surface area contributed by atoms with Gasteiger partial charge in [0.1, 0.15) is 0 Å². The smallest absolute Gasteiger partial charge is 0.00644 e. The molecule has 0 aromatic heterocycles. The molecular formula is C17H27N. The average Bonchev–Trinajstić information content (AvgIpc) is 2.47. The monoisotopic (exact) mass is 245 g/mol. The Bertz CT molecular complexity index is 346. The number of hydrogen-bond donors (Lipinski definition) is 1. The van der Waals surface area contributed by atoms with E-state index in [0.717, 1.165) is 12.0 Å². The van der Waals surface area contributed by atoms with Gasteiger partial charge in [0.05, 0.1) is 0 Å². The molecule has 0 amide bonds. The molecule has 1 saturated carbocycles. The van der Waals surface area contributed by atoms with Crippen molar-refractivity contribution in [3.63, 3.8) is 0 Å². The van der Waals surface area contributed by atoms with Gasteiger partial charge in [0.2, 0.25) is 0 Å². The number of hydrogen-bond acceptors (Lipinski definition) is 1. The highest BCUT2D eigenvalue weighted by Crippen LogP contribution is 2.33. The van der Waals surface area contributed by atoms with Crippen molar-refractivity contribution in [1.29, 1.82) is 0 Å². The summed E-state index contributed by atoms with van der Waals surface area (Å²) in [7, 11) is 2.09. The molecule has 1 aromatic rings. The van der Waals surface area contributed by atoms with Crippen LogP contribution in [-0.4, -0.2) is 13.1 Å². The van der Waals surface area contributed by atoms with E-state index in [4.69, 9.17) is 0 Å². The van der Waals surface area contributed by atoms with E-state index < -0.39 is 0 Å². The van der Waals surface area contributed by atoms with E-state index in [1.165, 1.54) is 37.7 Å². The molecular weight excluding hydrogens is 218 g/mol. The van der Waals surface area contributed by atoms with Crippen LogP contribution in [0.1, 0.15) is 68.9 Å². The summed E-state index contributed by atoms with van der Waals surface area (Å²) in [4.78, 5) is 0. The normalized spacial score (nSPS) is 25.9. The summed E-state index contributed by atoms with van der Waals surface area (Å²) in [5.74, 6) is 1.49. The lowest BCUT2D eigenvalue weighted by molar-refractivity contribution is 0.358. The van der Waals surface area contributed by atoms with Crippen molar-refractivity contribution in [1.82, 2.24) is 5.32 Å². The van der Waals surface area contributed by atoms with Gasteiger partial charge in [-0.15, -0.1) is 0 Å². The van der Waals surface area contributed by atoms with Crippen molar-refractivity contribution < 1.29 is 0 Å². The summed E-state index contributed by atoms with van der Waals surface area (Å²) in [6.07, 6.45) is 6.57. The van der Waals surface area contributed by atoms with Gasteiger partial charge in [0, 0.05) is 6.04 Å². The molecule has 2 rings (SSSR count). The maximum atomic E-state index is 3.41. The number of benzene rings is 1. The Morgan fingerprint density at radius 3 is 2.22 bits per heavy atom. The first-order chi connectivity index (χ1) is 8.74. The van der Waals surface area contributed by atoms with Crippen LogP contribution in [0.4, 0.5) is 0 Å². The molecule has 1 N–H and O–H groups in total. The highest BCUT2D eigenvalue weighted by molar-refractivity contribution is 5.27. The fraction of sp³-hybridized carbons (Fsp3) is 0.647. The van der Waals surface area contributed by atoms with Crippen molar-refractivity contribution in [2.24, 2.45) is 0 Å². The van der Waals surface area contributed by atoms with E-state index in [1.807, 2.05) is 0 Å². The summed E-state index contributed by atoms with van der Waals surface area (Å²) in [5.41, 5.74) is 3.04. The molecule has 0 bridgehead atoms. The van der Waals surface area contributed by atoms with Crippen molar-refractivity contribution >= 4 is 0 Å². The van der Waals surface area contributed by atoms with Crippen molar-refractivity contribution in [3.05, 3.63) is 35.4 Å². The van der Waals surface area contributed by atoms with Crippen molar-refractivity contribution in [2.75, 3.05) is 7.05 Å². The summed E-state index contributed by atoms with van der Waals surface area (Å²) in [6, 6.07) is 10.2. The van der Waals surface area contributed by atoms with Crippen LogP contribution in [0.5, 0.6) is 0 Å². The van der Waals surface area contributed by atoms with Crippen LogP contribution in [0.15, 0.2) is 24.3 Å². The molecule has 1 fully saturated rings. The van der Waals surface area contributed by atoms with Crippen LogP contribution >= 0.6 is 0 Å². The molecule has 1 unspecified atom stereocenters. The van der Waals surface area contributed by atoms with Gasteiger partial charge in [-0.05, 0) is 62.1 Å². The predicted molar refractivity (Wildman–Crippen MR) is 79.2 cm³/mol. The van der Waals surface area contributed by atoms with Gasteiger partial charge in [-0.1, -0.05) is 38.1 Å². The second kappa shape index (κ2) is 6.38. The number of rotatable bonds is 4. The molecule has 1 atom stereocenters. The Labute approximate surface area is 112 Å². The van der Waals surface area contributed by atoms with Crippen molar-refractivity contribution in [3.8, 4) is 0 Å². The van der Waals surface area contributed by atoms with Crippen LogP contribution in [0.2, 0.25) is 0 Å². The van der Waals surface area contributed by atoms with Crippen LogP contribution in [0.3, 0.4) is 0 Å². The highest BCUT2D eigenvalue weighted by atomic mass is 14.9. The van der Waals surface area contributed by atoms with Crippen LogP contribution in [0.25, 0.3) is 0 Å². The van der Waals surface area contributed by atoms with Gasteiger partial charge >= 0.3 is 0 Å². The zero-order valence-corrected chi connectivity index (χ0v) is 12.1. The van der Waals surface area contributed by atoms with E-state index in [1.54, 1.807) is 5.56 Å².